The van der Waals surface area contributed by atoms with E-state index in [9.17, 15) is 4.79 Å². The molecule has 7 nitrogen and oxygen atoms in total. The van der Waals surface area contributed by atoms with Crippen LogP contribution in [0.15, 0.2) is 29.4 Å². The number of hydrogen-bond donors (Lipinski definition) is 2. The summed E-state index contributed by atoms with van der Waals surface area (Å²) in [7, 11) is 0. The molecule has 0 heterocycles. The maximum atomic E-state index is 10.6. The quantitative estimate of drug-likeness (QED) is 0.456. The number of rotatable bonds is 6. The summed E-state index contributed by atoms with van der Waals surface area (Å²) in [5, 5.41) is 23.3. The molecule has 0 aliphatic rings. The average Bonchev–Trinajstić information content (AvgIpc) is 2.46. The summed E-state index contributed by atoms with van der Waals surface area (Å²) < 4.78 is 5.40. The predicted molar refractivity (Wildman–Crippen MR) is 72.9 cm³/mol. The van der Waals surface area contributed by atoms with Crippen LogP contribution < -0.4 is 15.5 Å². The number of hydrazone groups is 1. The molecule has 1 rings (SSSR count). The van der Waals surface area contributed by atoms with E-state index in [1.165, 1.54) is 6.92 Å². The number of ether oxygens (including phenoxy) is 1. The Hall–Kier alpha value is -3.06. The molecule has 0 spiro atoms. The van der Waals surface area contributed by atoms with E-state index in [2.05, 4.69) is 15.8 Å². The third-order valence-electron chi connectivity index (χ3n) is 2.11. The van der Waals surface area contributed by atoms with Crippen molar-refractivity contribution >= 4 is 17.3 Å². The standard InChI is InChI=1S/C13H13N5O2/c1-10(19)16-6-7-20-13-4-2-11(3-5-13)17-18-12(8-14)9-15/h2-5,17H,6-7H2,1H3,(H,16,19). The number of carbonyl (C=O) groups excluding carboxylic acids is 1. The van der Waals surface area contributed by atoms with Crippen LogP contribution in [0.2, 0.25) is 0 Å². The van der Waals surface area contributed by atoms with Crippen molar-refractivity contribution in [3.8, 4) is 17.9 Å². The highest BCUT2D eigenvalue weighted by Crippen LogP contribution is 2.15. The van der Waals surface area contributed by atoms with Crippen LogP contribution in [-0.4, -0.2) is 24.8 Å². The van der Waals surface area contributed by atoms with Gasteiger partial charge in [0.15, 0.2) is 0 Å². The lowest BCUT2D eigenvalue weighted by Gasteiger charge is -2.07. The van der Waals surface area contributed by atoms with Crippen LogP contribution in [0.25, 0.3) is 0 Å². The van der Waals surface area contributed by atoms with Crippen molar-refractivity contribution in [2.75, 3.05) is 18.6 Å². The van der Waals surface area contributed by atoms with Gasteiger partial charge < -0.3 is 10.1 Å². The van der Waals surface area contributed by atoms with Crippen LogP contribution in [0.4, 0.5) is 5.69 Å². The molecule has 20 heavy (non-hydrogen) atoms. The summed E-state index contributed by atoms with van der Waals surface area (Å²) in [5.41, 5.74) is 2.96. The monoisotopic (exact) mass is 271 g/mol. The Labute approximate surface area is 116 Å². The van der Waals surface area contributed by atoms with Gasteiger partial charge in [0, 0.05) is 6.92 Å². The van der Waals surface area contributed by atoms with Crippen molar-refractivity contribution in [3.63, 3.8) is 0 Å². The van der Waals surface area contributed by atoms with Crippen molar-refractivity contribution < 1.29 is 9.53 Å². The molecule has 0 atom stereocenters. The number of anilines is 1. The Morgan fingerprint density at radius 1 is 1.30 bits per heavy atom. The van der Waals surface area contributed by atoms with Crippen molar-refractivity contribution in [1.29, 1.82) is 10.5 Å². The minimum Gasteiger partial charge on any atom is -0.492 e. The van der Waals surface area contributed by atoms with Crippen LogP contribution in [0, 0.1) is 22.7 Å². The summed E-state index contributed by atoms with van der Waals surface area (Å²) in [6.45, 7) is 2.25. The molecule has 0 unspecified atom stereocenters. The summed E-state index contributed by atoms with van der Waals surface area (Å²) in [6, 6.07) is 10.1. The van der Waals surface area contributed by atoms with E-state index in [1.54, 1.807) is 36.4 Å². The van der Waals surface area contributed by atoms with Gasteiger partial charge >= 0.3 is 0 Å². The van der Waals surface area contributed by atoms with Crippen molar-refractivity contribution in [2.45, 2.75) is 6.92 Å². The fraction of sp³-hybridized carbons (Fsp3) is 0.231. The molecule has 0 saturated carbocycles. The maximum Gasteiger partial charge on any atom is 0.237 e. The number of benzene rings is 1. The number of nitriles is 2. The van der Waals surface area contributed by atoms with Gasteiger partial charge in [0.25, 0.3) is 0 Å². The number of carbonyl (C=O) groups is 1. The molecular weight excluding hydrogens is 258 g/mol. The van der Waals surface area contributed by atoms with E-state index >= 15 is 0 Å². The first-order chi connectivity index (χ1) is 9.65. The van der Waals surface area contributed by atoms with Gasteiger partial charge in [-0.1, -0.05) is 0 Å². The second-order valence-electron chi connectivity index (χ2n) is 3.65. The van der Waals surface area contributed by atoms with E-state index in [0.717, 1.165) is 0 Å². The minimum absolute atomic E-state index is 0.100. The number of hydrogen-bond acceptors (Lipinski definition) is 6. The van der Waals surface area contributed by atoms with E-state index in [-0.39, 0.29) is 11.6 Å². The topological polar surface area (TPSA) is 110 Å². The molecule has 1 aromatic rings. The maximum absolute atomic E-state index is 10.6. The van der Waals surface area contributed by atoms with Gasteiger partial charge in [0.05, 0.1) is 12.2 Å². The predicted octanol–water partition coefficient (Wildman–Crippen LogP) is 1.02. The SMILES string of the molecule is CC(=O)NCCOc1ccc(NN=C(C#N)C#N)cc1. The Morgan fingerprint density at radius 2 is 1.95 bits per heavy atom. The molecule has 7 heteroatoms. The van der Waals surface area contributed by atoms with Crippen LogP contribution in [0.1, 0.15) is 6.92 Å². The van der Waals surface area contributed by atoms with Crippen molar-refractivity contribution in [1.82, 2.24) is 5.32 Å². The Kier molecular flexibility index (Phi) is 6.09. The molecule has 0 aliphatic heterocycles. The van der Waals surface area contributed by atoms with E-state index in [1.807, 2.05) is 0 Å². The summed E-state index contributed by atoms with van der Waals surface area (Å²) in [4.78, 5) is 10.6. The first-order valence-corrected chi connectivity index (χ1v) is 5.77. The van der Waals surface area contributed by atoms with Gasteiger partial charge in [-0.05, 0) is 24.3 Å². The van der Waals surface area contributed by atoms with Crippen molar-refractivity contribution in [3.05, 3.63) is 24.3 Å². The first-order valence-electron chi connectivity index (χ1n) is 5.77. The lowest BCUT2D eigenvalue weighted by atomic mass is 10.3. The highest BCUT2D eigenvalue weighted by molar-refractivity contribution is 6.10. The van der Waals surface area contributed by atoms with Gasteiger partial charge in [0.1, 0.15) is 24.5 Å². The lowest BCUT2D eigenvalue weighted by molar-refractivity contribution is -0.119. The summed E-state index contributed by atoms with van der Waals surface area (Å²) in [5.74, 6) is 0.544. The number of nitrogens with one attached hydrogen (secondary N) is 2. The molecule has 0 bridgehead atoms. The third-order valence-corrected chi connectivity index (χ3v) is 2.11. The summed E-state index contributed by atoms with van der Waals surface area (Å²) in [6.07, 6.45) is 0. The highest BCUT2D eigenvalue weighted by atomic mass is 16.5. The minimum atomic E-state index is -0.249. The fourth-order valence-corrected chi connectivity index (χ4v) is 1.22. The lowest BCUT2D eigenvalue weighted by Crippen LogP contribution is -2.25. The zero-order chi connectivity index (χ0) is 14.8. The molecule has 0 saturated heterocycles. The molecule has 1 amide bonds. The van der Waals surface area contributed by atoms with Gasteiger partial charge in [0.2, 0.25) is 11.6 Å². The molecule has 0 radical (unpaired) electrons. The second kappa shape index (κ2) is 8.11. The molecule has 1 aromatic carbocycles. The Balaban J connectivity index is 2.45. The smallest absolute Gasteiger partial charge is 0.237 e. The van der Waals surface area contributed by atoms with Gasteiger partial charge in [-0.25, -0.2) is 0 Å². The van der Waals surface area contributed by atoms with E-state index in [0.29, 0.717) is 24.6 Å². The molecule has 0 aromatic heterocycles. The Bertz CT molecular complexity index is 550. The van der Waals surface area contributed by atoms with Crippen molar-refractivity contribution in [2.24, 2.45) is 5.10 Å². The average molecular weight is 271 g/mol. The molecular formula is C13H13N5O2. The zero-order valence-corrected chi connectivity index (χ0v) is 10.9. The van der Waals surface area contributed by atoms with Gasteiger partial charge in [-0.15, -0.1) is 0 Å². The number of nitrogens with zero attached hydrogens (tertiary/aromatic N) is 3. The van der Waals surface area contributed by atoms with Crippen LogP contribution in [0.5, 0.6) is 5.75 Å². The summed E-state index contributed by atoms with van der Waals surface area (Å²) >= 11 is 0. The third kappa shape index (κ3) is 5.52. The highest BCUT2D eigenvalue weighted by Gasteiger charge is 1.97. The van der Waals surface area contributed by atoms with Crippen LogP contribution >= 0.6 is 0 Å². The molecule has 102 valence electrons. The van der Waals surface area contributed by atoms with Gasteiger partial charge in [-0.2, -0.15) is 15.6 Å². The number of amides is 1. The normalized spacial score (nSPS) is 8.75. The van der Waals surface area contributed by atoms with E-state index < -0.39 is 0 Å². The zero-order valence-electron chi connectivity index (χ0n) is 10.9. The first kappa shape index (κ1) is 15.0. The second-order valence-corrected chi connectivity index (χ2v) is 3.65. The molecule has 0 fully saturated rings. The van der Waals surface area contributed by atoms with E-state index in [4.69, 9.17) is 15.3 Å². The van der Waals surface area contributed by atoms with Crippen LogP contribution in [0.3, 0.4) is 0 Å². The molecule has 2 N–H and O–H groups in total. The molecule has 0 aliphatic carbocycles. The van der Waals surface area contributed by atoms with Crippen LogP contribution in [-0.2, 0) is 4.79 Å². The Morgan fingerprint density at radius 3 is 2.50 bits per heavy atom. The fourth-order valence-electron chi connectivity index (χ4n) is 1.22. The van der Waals surface area contributed by atoms with Gasteiger partial charge in [-0.3, -0.25) is 10.2 Å². The largest absolute Gasteiger partial charge is 0.492 e.